The molecule has 0 aromatic carbocycles. The minimum Gasteiger partial charge on any atom is -0.377 e. The van der Waals surface area contributed by atoms with Gasteiger partial charge < -0.3 is 19.7 Å². The second-order valence-electron chi connectivity index (χ2n) is 6.81. The highest BCUT2D eigenvalue weighted by atomic mass is 16.5. The molecular formula is C17H24N4O3. The summed E-state index contributed by atoms with van der Waals surface area (Å²) >= 11 is 0. The van der Waals surface area contributed by atoms with Crippen LogP contribution in [-0.4, -0.2) is 65.3 Å². The Bertz CT molecular complexity index is 656. The summed E-state index contributed by atoms with van der Waals surface area (Å²) in [6.07, 6.45) is 6.95. The third-order valence-electron chi connectivity index (χ3n) is 5.42. The smallest absolute Gasteiger partial charge is 0.318 e. The molecule has 2 amide bonds. The molecule has 1 N–H and O–H groups in total. The molecule has 7 nitrogen and oxygen atoms in total. The van der Waals surface area contributed by atoms with E-state index < -0.39 is 0 Å². The topological polar surface area (TPSA) is 68.6 Å². The zero-order valence-corrected chi connectivity index (χ0v) is 14.1. The fourth-order valence-corrected chi connectivity index (χ4v) is 4.16. The molecule has 1 aromatic heterocycles. The molecule has 3 aliphatic heterocycles. The van der Waals surface area contributed by atoms with Crippen LogP contribution in [-0.2, 0) is 16.5 Å². The Morgan fingerprint density at radius 2 is 2.29 bits per heavy atom. The molecule has 130 valence electrons. The fourth-order valence-electron chi connectivity index (χ4n) is 4.16. The number of rotatable bonds is 3. The SMILES string of the molecule is CO[C@@H]1COC[C@@H]1NC(=O)N1C2C=C(c3ccnn3C)CC1CC2. The molecule has 4 atom stereocenters. The summed E-state index contributed by atoms with van der Waals surface area (Å²) < 4.78 is 12.7. The molecule has 0 saturated carbocycles. The van der Waals surface area contributed by atoms with Crippen molar-refractivity contribution in [2.45, 2.75) is 43.5 Å². The predicted molar refractivity (Wildman–Crippen MR) is 88.4 cm³/mol. The van der Waals surface area contributed by atoms with Crippen molar-refractivity contribution >= 4 is 11.6 Å². The van der Waals surface area contributed by atoms with Gasteiger partial charge in [-0.05, 0) is 30.9 Å². The number of fused-ring (bicyclic) bond motifs is 2. The van der Waals surface area contributed by atoms with Crippen LogP contribution in [0.3, 0.4) is 0 Å². The van der Waals surface area contributed by atoms with E-state index in [1.165, 1.54) is 5.57 Å². The van der Waals surface area contributed by atoms with Gasteiger partial charge in [-0.3, -0.25) is 4.68 Å². The summed E-state index contributed by atoms with van der Waals surface area (Å²) in [6.45, 7) is 1.06. The van der Waals surface area contributed by atoms with Crippen molar-refractivity contribution in [2.24, 2.45) is 7.05 Å². The number of aryl methyl sites for hydroxylation is 1. The number of urea groups is 1. The third-order valence-corrected chi connectivity index (χ3v) is 5.42. The molecule has 0 aliphatic carbocycles. The molecule has 4 heterocycles. The molecule has 4 rings (SSSR count). The van der Waals surface area contributed by atoms with E-state index in [2.05, 4.69) is 16.5 Å². The molecule has 2 saturated heterocycles. The Morgan fingerprint density at radius 1 is 1.42 bits per heavy atom. The Labute approximate surface area is 141 Å². The number of methoxy groups -OCH3 is 1. The number of nitrogens with one attached hydrogen (secondary N) is 1. The highest BCUT2D eigenvalue weighted by molar-refractivity contribution is 5.78. The Morgan fingerprint density at radius 3 is 3.00 bits per heavy atom. The number of amides is 2. The highest BCUT2D eigenvalue weighted by Crippen LogP contribution is 2.38. The molecule has 7 heteroatoms. The number of carbonyl (C=O) groups excluding carboxylic acids is 1. The molecular weight excluding hydrogens is 308 g/mol. The van der Waals surface area contributed by atoms with Crippen molar-refractivity contribution in [2.75, 3.05) is 20.3 Å². The second kappa shape index (κ2) is 6.22. The monoisotopic (exact) mass is 332 g/mol. The molecule has 3 aliphatic rings. The zero-order valence-electron chi connectivity index (χ0n) is 14.1. The van der Waals surface area contributed by atoms with Gasteiger partial charge in [0.1, 0.15) is 6.10 Å². The quantitative estimate of drug-likeness (QED) is 0.902. The van der Waals surface area contributed by atoms with Crippen molar-refractivity contribution in [3.05, 3.63) is 24.0 Å². The first-order valence-corrected chi connectivity index (χ1v) is 8.56. The Balaban J connectivity index is 1.49. The van der Waals surface area contributed by atoms with Crippen molar-refractivity contribution in [3.63, 3.8) is 0 Å². The van der Waals surface area contributed by atoms with Crippen LogP contribution in [0.15, 0.2) is 18.3 Å². The molecule has 2 fully saturated rings. The maximum absolute atomic E-state index is 12.8. The first-order chi connectivity index (χ1) is 11.7. The third kappa shape index (κ3) is 2.61. The van der Waals surface area contributed by atoms with Crippen molar-refractivity contribution in [1.82, 2.24) is 20.0 Å². The lowest BCUT2D eigenvalue weighted by Gasteiger charge is -2.35. The summed E-state index contributed by atoms with van der Waals surface area (Å²) in [5.41, 5.74) is 2.45. The number of hydrogen-bond donors (Lipinski definition) is 1. The van der Waals surface area contributed by atoms with Gasteiger partial charge >= 0.3 is 6.03 Å². The number of aromatic nitrogens is 2. The summed E-state index contributed by atoms with van der Waals surface area (Å²) in [4.78, 5) is 14.8. The molecule has 2 unspecified atom stereocenters. The lowest BCUT2D eigenvalue weighted by atomic mass is 9.98. The van der Waals surface area contributed by atoms with Gasteiger partial charge in [0, 0.05) is 26.4 Å². The van der Waals surface area contributed by atoms with E-state index >= 15 is 0 Å². The van der Waals surface area contributed by atoms with Crippen LogP contribution >= 0.6 is 0 Å². The van der Waals surface area contributed by atoms with Crippen LogP contribution in [0.1, 0.15) is 25.0 Å². The van der Waals surface area contributed by atoms with Gasteiger partial charge in [-0.1, -0.05) is 6.08 Å². The maximum Gasteiger partial charge on any atom is 0.318 e. The first-order valence-electron chi connectivity index (χ1n) is 8.56. The lowest BCUT2D eigenvalue weighted by molar-refractivity contribution is 0.0730. The van der Waals surface area contributed by atoms with E-state index in [9.17, 15) is 4.79 Å². The van der Waals surface area contributed by atoms with E-state index in [4.69, 9.17) is 9.47 Å². The number of ether oxygens (including phenoxy) is 2. The minimum absolute atomic E-state index is 0.000330. The minimum atomic E-state index is -0.0654. The largest absolute Gasteiger partial charge is 0.377 e. The second-order valence-corrected chi connectivity index (χ2v) is 6.81. The normalized spacial score (nSPS) is 32.1. The summed E-state index contributed by atoms with van der Waals surface area (Å²) in [7, 11) is 3.62. The van der Waals surface area contributed by atoms with Crippen LogP contribution in [0.4, 0.5) is 4.79 Å². The Hall–Kier alpha value is -1.86. The van der Waals surface area contributed by atoms with Crippen molar-refractivity contribution < 1.29 is 14.3 Å². The average Bonchev–Trinajstić information content (AvgIpc) is 3.25. The fraction of sp³-hybridized carbons (Fsp3) is 0.647. The number of carbonyl (C=O) groups is 1. The van der Waals surface area contributed by atoms with Crippen LogP contribution in [0.5, 0.6) is 0 Å². The summed E-state index contributed by atoms with van der Waals surface area (Å²) in [6, 6.07) is 2.40. The highest BCUT2D eigenvalue weighted by Gasteiger charge is 2.41. The van der Waals surface area contributed by atoms with Crippen molar-refractivity contribution in [1.29, 1.82) is 0 Å². The van der Waals surface area contributed by atoms with Crippen LogP contribution in [0.25, 0.3) is 5.57 Å². The molecule has 0 spiro atoms. The maximum atomic E-state index is 12.8. The molecule has 24 heavy (non-hydrogen) atoms. The summed E-state index contributed by atoms with van der Waals surface area (Å²) in [5, 5.41) is 7.36. The Kier molecular flexibility index (Phi) is 4.05. The van der Waals surface area contributed by atoms with Crippen molar-refractivity contribution in [3.8, 4) is 0 Å². The van der Waals surface area contributed by atoms with Crippen LogP contribution in [0.2, 0.25) is 0 Å². The predicted octanol–water partition coefficient (Wildman–Crippen LogP) is 1.16. The molecule has 2 bridgehead atoms. The van der Waals surface area contributed by atoms with Gasteiger partial charge in [-0.2, -0.15) is 5.10 Å². The van der Waals surface area contributed by atoms with E-state index in [1.807, 2.05) is 28.9 Å². The van der Waals surface area contributed by atoms with E-state index in [0.29, 0.717) is 13.2 Å². The van der Waals surface area contributed by atoms with Gasteiger partial charge in [-0.25, -0.2) is 4.79 Å². The van der Waals surface area contributed by atoms with Gasteiger partial charge in [0.15, 0.2) is 0 Å². The summed E-state index contributed by atoms with van der Waals surface area (Å²) in [5.74, 6) is 0. The molecule has 0 radical (unpaired) electrons. The zero-order chi connectivity index (χ0) is 16.7. The molecule has 1 aromatic rings. The van der Waals surface area contributed by atoms with E-state index in [1.54, 1.807) is 7.11 Å². The van der Waals surface area contributed by atoms with Gasteiger partial charge in [0.2, 0.25) is 0 Å². The van der Waals surface area contributed by atoms with Gasteiger partial charge in [0.05, 0.1) is 31.0 Å². The average molecular weight is 332 g/mol. The van der Waals surface area contributed by atoms with Crippen LogP contribution < -0.4 is 5.32 Å². The van der Waals surface area contributed by atoms with E-state index in [-0.39, 0.29) is 30.3 Å². The standard InChI is InChI=1S/C17H24N4O3/c1-20-15(5-6-18-20)11-7-12-3-4-13(8-11)21(12)17(22)19-14-9-24-10-16(14)23-2/h5-7,12-14,16H,3-4,8-10H2,1-2H3,(H,19,22)/t12?,13?,14-,16+/m0/s1. The van der Waals surface area contributed by atoms with Gasteiger partial charge in [-0.15, -0.1) is 0 Å². The van der Waals surface area contributed by atoms with Crippen LogP contribution in [0, 0.1) is 0 Å². The first kappa shape index (κ1) is 15.7. The lowest BCUT2D eigenvalue weighted by Crippen LogP contribution is -2.53. The number of hydrogen-bond acceptors (Lipinski definition) is 4. The van der Waals surface area contributed by atoms with E-state index in [0.717, 1.165) is 25.0 Å². The number of nitrogens with zero attached hydrogens (tertiary/aromatic N) is 3. The van der Waals surface area contributed by atoms with Gasteiger partial charge in [0.25, 0.3) is 0 Å².